The second-order valence-corrected chi connectivity index (χ2v) is 5.24. The van der Waals surface area contributed by atoms with Crippen molar-refractivity contribution in [3.63, 3.8) is 0 Å². The van der Waals surface area contributed by atoms with Gasteiger partial charge in [-0.25, -0.2) is 0 Å². The molecule has 6 heteroatoms. The van der Waals surface area contributed by atoms with Crippen LogP contribution in [0.1, 0.15) is 13.8 Å². The van der Waals surface area contributed by atoms with Crippen LogP contribution in [0.15, 0.2) is 23.1 Å². The maximum Gasteiger partial charge on any atom is 0.272 e. The molecule has 0 amide bonds. The predicted octanol–water partition coefficient (Wildman–Crippen LogP) is 2.50. The van der Waals surface area contributed by atoms with Crippen LogP contribution in [0.5, 0.6) is 0 Å². The minimum atomic E-state index is -0.461. The van der Waals surface area contributed by atoms with Crippen molar-refractivity contribution in [3.05, 3.63) is 28.3 Å². The van der Waals surface area contributed by atoms with Gasteiger partial charge in [0.2, 0.25) is 0 Å². The van der Waals surface area contributed by atoms with Gasteiger partial charge < -0.3 is 10.4 Å². The van der Waals surface area contributed by atoms with E-state index in [-0.39, 0.29) is 10.9 Å². The Morgan fingerprint density at radius 2 is 2.06 bits per heavy atom. The molecule has 0 fully saturated rings. The lowest BCUT2D eigenvalue weighted by Gasteiger charge is -2.14. The Morgan fingerprint density at radius 3 is 2.53 bits per heavy atom. The Hall–Kier alpha value is -1.27. The molecule has 0 aliphatic rings. The van der Waals surface area contributed by atoms with Crippen LogP contribution in [0.25, 0.3) is 0 Å². The number of nitro groups is 1. The Kier molecular flexibility index (Phi) is 4.77. The largest absolute Gasteiger partial charge is 0.392 e. The lowest BCUT2D eigenvalue weighted by Crippen LogP contribution is -2.14. The summed E-state index contributed by atoms with van der Waals surface area (Å²) in [6, 6.07) is 4.83. The van der Waals surface area contributed by atoms with Crippen LogP contribution in [0.4, 0.5) is 11.4 Å². The highest BCUT2D eigenvalue weighted by Crippen LogP contribution is 2.31. The summed E-state index contributed by atoms with van der Waals surface area (Å²) >= 11 is 1.42. The lowest BCUT2D eigenvalue weighted by atomic mass is 10.3. The fourth-order valence-corrected chi connectivity index (χ4v) is 2.22. The molecule has 0 aromatic heterocycles. The molecule has 1 rings (SSSR count). The number of non-ortho nitro benzene ring substituents is 1. The van der Waals surface area contributed by atoms with Gasteiger partial charge in [-0.1, -0.05) is 6.92 Å². The van der Waals surface area contributed by atoms with E-state index in [1.807, 2.05) is 13.0 Å². The van der Waals surface area contributed by atoms with Crippen molar-refractivity contribution in [2.45, 2.75) is 30.1 Å². The van der Waals surface area contributed by atoms with Crippen LogP contribution < -0.4 is 5.32 Å². The average molecular weight is 256 g/mol. The lowest BCUT2D eigenvalue weighted by molar-refractivity contribution is -0.385. The van der Waals surface area contributed by atoms with Crippen molar-refractivity contribution in [1.82, 2.24) is 0 Å². The summed E-state index contributed by atoms with van der Waals surface area (Å²) < 4.78 is 0. The molecule has 1 aromatic carbocycles. The molecule has 0 radical (unpaired) electrons. The third-order valence-corrected chi connectivity index (χ3v) is 3.67. The van der Waals surface area contributed by atoms with Crippen molar-refractivity contribution in [1.29, 1.82) is 0 Å². The van der Waals surface area contributed by atoms with Crippen LogP contribution in [-0.4, -0.2) is 28.4 Å². The molecule has 0 saturated heterocycles. The fourth-order valence-electron chi connectivity index (χ4n) is 1.21. The maximum absolute atomic E-state index is 10.8. The molecule has 0 aliphatic carbocycles. The summed E-state index contributed by atoms with van der Waals surface area (Å²) in [6.07, 6.45) is -0.461. The van der Waals surface area contributed by atoms with E-state index in [1.54, 1.807) is 14.0 Å². The van der Waals surface area contributed by atoms with Crippen LogP contribution in [0, 0.1) is 10.1 Å². The molecule has 2 atom stereocenters. The number of nitrogens with zero attached hydrogens (tertiary/aromatic N) is 1. The first-order chi connectivity index (χ1) is 7.93. The molecular weight excluding hydrogens is 240 g/mol. The zero-order valence-corrected chi connectivity index (χ0v) is 10.8. The summed E-state index contributed by atoms with van der Waals surface area (Å²) in [5.41, 5.74) is 0.747. The number of hydrogen-bond acceptors (Lipinski definition) is 5. The molecule has 0 spiro atoms. The third kappa shape index (κ3) is 3.90. The number of rotatable bonds is 5. The van der Waals surface area contributed by atoms with E-state index < -0.39 is 11.0 Å². The summed E-state index contributed by atoms with van der Waals surface area (Å²) in [6.45, 7) is 3.58. The van der Waals surface area contributed by atoms with Gasteiger partial charge in [0, 0.05) is 35.0 Å². The van der Waals surface area contributed by atoms with E-state index in [0.717, 1.165) is 4.90 Å². The van der Waals surface area contributed by atoms with Crippen molar-refractivity contribution in [2.24, 2.45) is 0 Å². The summed E-state index contributed by atoms with van der Waals surface area (Å²) in [7, 11) is 1.71. The molecular formula is C11H16N2O3S. The predicted molar refractivity (Wildman–Crippen MR) is 69.6 cm³/mol. The van der Waals surface area contributed by atoms with E-state index >= 15 is 0 Å². The smallest absolute Gasteiger partial charge is 0.272 e. The third-order valence-electron chi connectivity index (χ3n) is 2.39. The van der Waals surface area contributed by atoms with Gasteiger partial charge in [-0.05, 0) is 13.0 Å². The number of nitrogens with one attached hydrogen (secondary N) is 1. The standard InChI is InChI=1S/C11H16N2O3S/c1-7(14)8(2)17-11-5-9(12-3)4-10(6-11)13(15)16/h4-8,12,14H,1-3H3. The van der Waals surface area contributed by atoms with Crippen molar-refractivity contribution < 1.29 is 10.0 Å². The van der Waals surface area contributed by atoms with E-state index in [0.29, 0.717) is 5.69 Å². The van der Waals surface area contributed by atoms with Gasteiger partial charge in [0.05, 0.1) is 11.0 Å². The number of thioether (sulfide) groups is 1. The maximum atomic E-state index is 10.8. The molecule has 0 bridgehead atoms. The number of benzene rings is 1. The molecule has 94 valence electrons. The van der Waals surface area contributed by atoms with Crippen molar-refractivity contribution >= 4 is 23.1 Å². The van der Waals surface area contributed by atoms with Gasteiger partial charge in [0.25, 0.3) is 5.69 Å². The van der Waals surface area contributed by atoms with E-state index in [1.165, 1.54) is 23.9 Å². The quantitative estimate of drug-likeness (QED) is 0.481. The van der Waals surface area contributed by atoms with Crippen LogP contribution in [-0.2, 0) is 0 Å². The Bertz CT molecular complexity index is 410. The first-order valence-corrected chi connectivity index (χ1v) is 6.14. The molecule has 2 unspecified atom stereocenters. The Balaban J connectivity index is 2.98. The van der Waals surface area contributed by atoms with Crippen molar-refractivity contribution in [3.8, 4) is 0 Å². The highest BCUT2D eigenvalue weighted by Gasteiger charge is 2.14. The van der Waals surface area contributed by atoms with Gasteiger partial charge in [0.15, 0.2) is 0 Å². The zero-order valence-electron chi connectivity index (χ0n) is 10.0. The summed E-state index contributed by atoms with van der Waals surface area (Å²) in [5.74, 6) is 0. The molecule has 17 heavy (non-hydrogen) atoms. The first kappa shape index (κ1) is 13.8. The first-order valence-electron chi connectivity index (χ1n) is 5.26. The number of aliphatic hydroxyl groups excluding tert-OH is 1. The van der Waals surface area contributed by atoms with Crippen LogP contribution in [0.2, 0.25) is 0 Å². The second kappa shape index (κ2) is 5.88. The van der Waals surface area contributed by atoms with Gasteiger partial charge >= 0.3 is 0 Å². The molecule has 1 aromatic rings. The van der Waals surface area contributed by atoms with E-state index in [4.69, 9.17) is 0 Å². The second-order valence-electron chi connectivity index (χ2n) is 3.79. The summed E-state index contributed by atoms with van der Waals surface area (Å²) in [4.78, 5) is 11.1. The SMILES string of the molecule is CNc1cc(SC(C)C(C)O)cc([N+](=O)[O-])c1. The molecule has 0 aliphatic heterocycles. The van der Waals surface area contributed by atoms with Crippen LogP contribution >= 0.6 is 11.8 Å². The topological polar surface area (TPSA) is 75.4 Å². The van der Waals surface area contributed by atoms with Crippen molar-refractivity contribution in [2.75, 3.05) is 12.4 Å². The van der Waals surface area contributed by atoms with E-state index in [2.05, 4.69) is 5.32 Å². The van der Waals surface area contributed by atoms with E-state index in [9.17, 15) is 15.2 Å². The normalized spacial score (nSPS) is 14.1. The number of anilines is 1. The average Bonchev–Trinajstić information content (AvgIpc) is 2.28. The Labute approximate surface area is 104 Å². The number of aliphatic hydroxyl groups is 1. The molecule has 0 saturated carbocycles. The van der Waals surface area contributed by atoms with Gasteiger partial charge in [-0.3, -0.25) is 10.1 Å². The number of nitro benzene ring substituents is 1. The monoisotopic (exact) mass is 256 g/mol. The molecule has 0 heterocycles. The van der Waals surface area contributed by atoms with Gasteiger partial charge in [0.1, 0.15) is 0 Å². The number of hydrogen-bond donors (Lipinski definition) is 2. The molecule has 2 N–H and O–H groups in total. The van der Waals surface area contributed by atoms with Gasteiger partial charge in [-0.15, -0.1) is 11.8 Å². The van der Waals surface area contributed by atoms with Crippen LogP contribution in [0.3, 0.4) is 0 Å². The highest BCUT2D eigenvalue weighted by molar-refractivity contribution is 8.00. The zero-order chi connectivity index (χ0) is 13.0. The fraction of sp³-hybridized carbons (Fsp3) is 0.455. The highest BCUT2D eigenvalue weighted by atomic mass is 32.2. The molecule has 5 nitrogen and oxygen atoms in total. The Morgan fingerprint density at radius 1 is 1.41 bits per heavy atom. The summed E-state index contributed by atoms with van der Waals surface area (Å²) in [5, 5.41) is 23.0. The van der Waals surface area contributed by atoms with Gasteiger partial charge in [-0.2, -0.15) is 0 Å². The minimum Gasteiger partial charge on any atom is -0.392 e. The minimum absolute atomic E-state index is 0.0123.